The summed E-state index contributed by atoms with van der Waals surface area (Å²) in [5.41, 5.74) is 1.01. The summed E-state index contributed by atoms with van der Waals surface area (Å²) >= 11 is 0. The first-order valence-electron chi connectivity index (χ1n) is 6.46. The summed E-state index contributed by atoms with van der Waals surface area (Å²) in [5.74, 6) is 0.957. The molecule has 0 amide bonds. The predicted molar refractivity (Wildman–Crippen MR) is 64.5 cm³/mol. The molecule has 0 saturated heterocycles. The van der Waals surface area contributed by atoms with Gasteiger partial charge in [-0.3, -0.25) is 0 Å². The van der Waals surface area contributed by atoms with Crippen LogP contribution in [0.4, 0.5) is 0 Å². The van der Waals surface area contributed by atoms with E-state index in [0.29, 0.717) is 11.7 Å². The number of benzene rings is 1. The predicted octanol–water partition coefficient (Wildman–Crippen LogP) is 2.98. The zero-order valence-electron chi connectivity index (χ0n) is 9.85. The molecule has 92 valence electrons. The maximum absolute atomic E-state index is 9.83. The van der Waals surface area contributed by atoms with Crippen molar-refractivity contribution in [3.63, 3.8) is 0 Å². The van der Waals surface area contributed by atoms with Gasteiger partial charge in [0.15, 0.2) is 11.5 Å². The quantitative estimate of drug-likeness (QED) is 0.734. The van der Waals surface area contributed by atoms with Crippen LogP contribution in [-0.2, 0) is 6.42 Å². The van der Waals surface area contributed by atoms with Crippen molar-refractivity contribution in [2.24, 2.45) is 5.92 Å². The monoisotopic (exact) mass is 234 g/mol. The Balaban J connectivity index is 1.86. The van der Waals surface area contributed by atoms with Gasteiger partial charge in [0.2, 0.25) is 5.75 Å². The van der Waals surface area contributed by atoms with Crippen LogP contribution in [0.1, 0.15) is 37.7 Å². The molecular weight excluding hydrogens is 216 g/mol. The molecule has 1 fully saturated rings. The number of hydrogen-bond donors (Lipinski definition) is 2. The van der Waals surface area contributed by atoms with Crippen LogP contribution in [0.3, 0.4) is 0 Å². The van der Waals surface area contributed by atoms with Gasteiger partial charge in [-0.05, 0) is 43.2 Å². The third kappa shape index (κ3) is 1.84. The Hall–Kier alpha value is -1.38. The molecular formula is C14H18O3. The molecule has 1 aromatic rings. The molecule has 3 nitrogen and oxygen atoms in total. The van der Waals surface area contributed by atoms with Crippen molar-refractivity contribution in [2.45, 2.75) is 44.6 Å². The second kappa shape index (κ2) is 4.13. The smallest absolute Gasteiger partial charge is 0.200 e. The minimum Gasteiger partial charge on any atom is -0.504 e. The van der Waals surface area contributed by atoms with E-state index in [4.69, 9.17) is 4.74 Å². The summed E-state index contributed by atoms with van der Waals surface area (Å²) in [7, 11) is 0. The first-order valence-corrected chi connectivity index (χ1v) is 6.46. The van der Waals surface area contributed by atoms with Crippen molar-refractivity contribution < 1.29 is 14.9 Å². The Morgan fingerprint density at radius 2 is 1.82 bits per heavy atom. The molecule has 17 heavy (non-hydrogen) atoms. The molecule has 0 aromatic heterocycles. The van der Waals surface area contributed by atoms with Crippen LogP contribution in [0.2, 0.25) is 0 Å². The number of rotatable bonds is 1. The lowest BCUT2D eigenvalue weighted by Crippen LogP contribution is -2.29. The number of fused-ring (bicyclic) bond motifs is 1. The van der Waals surface area contributed by atoms with E-state index in [-0.39, 0.29) is 17.6 Å². The molecule has 2 N–H and O–H groups in total. The van der Waals surface area contributed by atoms with Gasteiger partial charge in [0, 0.05) is 0 Å². The summed E-state index contributed by atoms with van der Waals surface area (Å²) in [6.07, 6.45) is 7.25. The SMILES string of the molecule is Oc1ccc2c(c1O)OC(C1CCCC1)CC2. The summed E-state index contributed by atoms with van der Waals surface area (Å²) in [4.78, 5) is 0. The van der Waals surface area contributed by atoms with Crippen molar-refractivity contribution in [1.29, 1.82) is 0 Å². The third-order valence-corrected chi connectivity index (χ3v) is 4.08. The third-order valence-electron chi connectivity index (χ3n) is 4.08. The molecule has 0 spiro atoms. The molecule has 3 rings (SSSR count). The van der Waals surface area contributed by atoms with Gasteiger partial charge in [-0.25, -0.2) is 0 Å². The van der Waals surface area contributed by atoms with Crippen LogP contribution in [0.15, 0.2) is 12.1 Å². The van der Waals surface area contributed by atoms with E-state index in [0.717, 1.165) is 18.4 Å². The second-order valence-corrected chi connectivity index (χ2v) is 5.16. The Bertz CT molecular complexity index is 422. The molecule has 1 unspecified atom stereocenters. The largest absolute Gasteiger partial charge is 0.504 e. The Kier molecular flexibility index (Phi) is 2.61. The molecule has 1 aliphatic carbocycles. The van der Waals surface area contributed by atoms with Crippen molar-refractivity contribution >= 4 is 0 Å². The number of aryl methyl sites for hydroxylation is 1. The lowest BCUT2D eigenvalue weighted by atomic mass is 9.92. The topological polar surface area (TPSA) is 49.7 Å². The minimum absolute atomic E-state index is 0.0872. The van der Waals surface area contributed by atoms with Crippen molar-refractivity contribution in [3.05, 3.63) is 17.7 Å². The highest BCUT2D eigenvalue weighted by molar-refractivity contribution is 5.54. The van der Waals surface area contributed by atoms with E-state index in [9.17, 15) is 10.2 Å². The molecule has 0 radical (unpaired) electrons. The molecule has 1 atom stereocenters. The van der Waals surface area contributed by atoms with Gasteiger partial charge in [0.1, 0.15) is 6.10 Å². The van der Waals surface area contributed by atoms with Crippen LogP contribution < -0.4 is 4.74 Å². The standard InChI is InChI=1S/C14H18O3/c15-11-7-5-10-6-8-12(9-3-1-2-4-9)17-14(10)13(11)16/h5,7,9,12,15-16H,1-4,6,8H2. The highest BCUT2D eigenvalue weighted by Gasteiger charge is 2.31. The van der Waals surface area contributed by atoms with Gasteiger partial charge in [0.05, 0.1) is 0 Å². The van der Waals surface area contributed by atoms with Crippen LogP contribution in [-0.4, -0.2) is 16.3 Å². The first kappa shape index (κ1) is 10.8. The number of ether oxygens (including phenoxy) is 1. The summed E-state index contributed by atoms with van der Waals surface area (Å²) in [6, 6.07) is 3.38. The molecule has 1 aromatic carbocycles. The number of phenolic OH excluding ortho intramolecular Hbond substituents is 2. The van der Waals surface area contributed by atoms with Gasteiger partial charge in [-0.1, -0.05) is 18.9 Å². The lowest BCUT2D eigenvalue weighted by Gasteiger charge is -2.30. The van der Waals surface area contributed by atoms with Crippen LogP contribution in [0.5, 0.6) is 17.2 Å². The van der Waals surface area contributed by atoms with Crippen LogP contribution in [0.25, 0.3) is 0 Å². The molecule has 3 heteroatoms. The molecule has 1 saturated carbocycles. The van der Waals surface area contributed by atoms with E-state index >= 15 is 0 Å². The van der Waals surface area contributed by atoms with E-state index in [2.05, 4.69) is 0 Å². The maximum atomic E-state index is 9.83. The van der Waals surface area contributed by atoms with Crippen molar-refractivity contribution in [1.82, 2.24) is 0 Å². The number of aromatic hydroxyl groups is 2. The van der Waals surface area contributed by atoms with E-state index in [1.807, 2.05) is 6.07 Å². The molecule has 1 aliphatic heterocycles. The van der Waals surface area contributed by atoms with Gasteiger partial charge >= 0.3 is 0 Å². The fourth-order valence-corrected chi connectivity index (χ4v) is 3.10. The maximum Gasteiger partial charge on any atom is 0.200 e. The Labute approximate surface area is 101 Å². The molecule has 1 heterocycles. The number of phenols is 2. The van der Waals surface area contributed by atoms with Gasteiger partial charge < -0.3 is 14.9 Å². The van der Waals surface area contributed by atoms with Crippen LogP contribution >= 0.6 is 0 Å². The fraction of sp³-hybridized carbons (Fsp3) is 0.571. The average molecular weight is 234 g/mol. The number of hydrogen-bond acceptors (Lipinski definition) is 3. The zero-order chi connectivity index (χ0) is 11.8. The van der Waals surface area contributed by atoms with E-state index in [1.54, 1.807) is 0 Å². The summed E-state index contributed by atoms with van der Waals surface area (Å²) < 4.78 is 5.92. The summed E-state index contributed by atoms with van der Waals surface area (Å²) in [5, 5.41) is 19.3. The highest BCUT2D eigenvalue weighted by atomic mass is 16.5. The lowest BCUT2D eigenvalue weighted by molar-refractivity contribution is 0.108. The highest BCUT2D eigenvalue weighted by Crippen LogP contribution is 2.44. The second-order valence-electron chi connectivity index (χ2n) is 5.16. The summed E-state index contributed by atoms with van der Waals surface area (Å²) in [6.45, 7) is 0. The normalized spacial score (nSPS) is 24.4. The average Bonchev–Trinajstić information content (AvgIpc) is 2.87. The Morgan fingerprint density at radius 1 is 1.06 bits per heavy atom. The first-order chi connectivity index (χ1) is 8.25. The Morgan fingerprint density at radius 3 is 2.59 bits per heavy atom. The van der Waals surface area contributed by atoms with Gasteiger partial charge in [-0.2, -0.15) is 0 Å². The zero-order valence-corrected chi connectivity index (χ0v) is 9.85. The molecule has 0 bridgehead atoms. The van der Waals surface area contributed by atoms with Crippen molar-refractivity contribution in [3.8, 4) is 17.2 Å². The van der Waals surface area contributed by atoms with Gasteiger partial charge in [0.25, 0.3) is 0 Å². The van der Waals surface area contributed by atoms with Gasteiger partial charge in [-0.15, -0.1) is 0 Å². The van der Waals surface area contributed by atoms with E-state index < -0.39 is 0 Å². The molecule has 2 aliphatic rings. The van der Waals surface area contributed by atoms with E-state index in [1.165, 1.54) is 31.7 Å². The fourth-order valence-electron chi connectivity index (χ4n) is 3.10. The van der Waals surface area contributed by atoms with Crippen LogP contribution in [0, 0.1) is 5.92 Å². The minimum atomic E-state index is -0.0924. The van der Waals surface area contributed by atoms with Crippen molar-refractivity contribution in [2.75, 3.05) is 0 Å².